The molecule has 7 nitrogen and oxygen atoms in total. The Morgan fingerprint density at radius 3 is 2.70 bits per heavy atom. The number of rotatable bonds is 6. The highest BCUT2D eigenvalue weighted by atomic mass is 32.2. The van der Waals surface area contributed by atoms with Crippen molar-refractivity contribution >= 4 is 42.6 Å². The van der Waals surface area contributed by atoms with Crippen LogP contribution in [0.5, 0.6) is 0 Å². The third kappa shape index (κ3) is 4.48. The average molecular weight is 453 g/mol. The first-order valence-corrected chi connectivity index (χ1v) is 11.4. The van der Waals surface area contributed by atoms with Crippen LogP contribution in [0.25, 0.3) is 10.2 Å². The largest absolute Gasteiger partial charge is 0.377 e. The van der Waals surface area contributed by atoms with Crippen molar-refractivity contribution in [2.45, 2.75) is 23.8 Å². The van der Waals surface area contributed by atoms with Crippen molar-refractivity contribution in [3.05, 3.63) is 53.6 Å². The first kappa shape index (κ1) is 20.8. The molecule has 0 unspecified atom stereocenters. The van der Waals surface area contributed by atoms with E-state index < -0.39 is 27.6 Å². The van der Waals surface area contributed by atoms with E-state index in [1.54, 1.807) is 0 Å². The molecule has 1 saturated heterocycles. The lowest BCUT2D eigenvalue weighted by atomic mass is 10.2. The summed E-state index contributed by atoms with van der Waals surface area (Å²) in [4.78, 5) is 16.4. The summed E-state index contributed by atoms with van der Waals surface area (Å²) in [5.74, 6) is -2.09. The Labute approximate surface area is 175 Å². The summed E-state index contributed by atoms with van der Waals surface area (Å²) < 4.78 is 60.0. The fourth-order valence-corrected chi connectivity index (χ4v) is 5.02. The standard InChI is InChI=1S/C19H17F2N3O4S2/c20-12-8-15(21)17-16(9-12)29-19(23-17)24-18(25)11-3-5-14(6-4-11)30(26,27)22-10-13-2-1-7-28-13/h3-6,8-9,13,22H,1-2,7,10H2,(H,23,24,25)/t13-/m0/s1. The maximum Gasteiger partial charge on any atom is 0.257 e. The van der Waals surface area contributed by atoms with Gasteiger partial charge in [0.1, 0.15) is 11.3 Å². The Morgan fingerprint density at radius 1 is 1.23 bits per heavy atom. The molecule has 0 saturated carbocycles. The van der Waals surface area contributed by atoms with E-state index in [-0.39, 0.29) is 38.5 Å². The van der Waals surface area contributed by atoms with Gasteiger partial charge in [-0.05, 0) is 43.2 Å². The molecule has 3 aromatic rings. The number of sulfonamides is 1. The summed E-state index contributed by atoms with van der Waals surface area (Å²) in [5.41, 5.74) is 0.162. The normalized spacial score (nSPS) is 16.8. The maximum atomic E-state index is 13.8. The van der Waals surface area contributed by atoms with Crippen LogP contribution in [0.1, 0.15) is 23.2 Å². The second-order valence-electron chi connectivity index (χ2n) is 6.72. The lowest BCUT2D eigenvalue weighted by molar-refractivity contribution is 0.102. The van der Waals surface area contributed by atoms with E-state index in [4.69, 9.17) is 4.74 Å². The molecule has 0 spiro atoms. The zero-order valence-corrected chi connectivity index (χ0v) is 17.2. The summed E-state index contributed by atoms with van der Waals surface area (Å²) in [6.07, 6.45) is 1.59. The molecule has 2 aromatic carbocycles. The van der Waals surface area contributed by atoms with Gasteiger partial charge in [0.05, 0.1) is 15.7 Å². The van der Waals surface area contributed by atoms with E-state index in [2.05, 4.69) is 15.0 Å². The van der Waals surface area contributed by atoms with Crippen molar-refractivity contribution in [1.29, 1.82) is 0 Å². The number of thiazole rings is 1. The van der Waals surface area contributed by atoms with E-state index in [0.29, 0.717) is 6.61 Å². The number of nitrogens with zero attached hydrogens (tertiary/aromatic N) is 1. The van der Waals surface area contributed by atoms with Gasteiger partial charge in [-0.1, -0.05) is 11.3 Å². The maximum absolute atomic E-state index is 13.8. The molecule has 1 aliphatic rings. The van der Waals surface area contributed by atoms with Crippen LogP contribution in [0, 0.1) is 11.6 Å². The molecule has 30 heavy (non-hydrogen) atoms. The van der Waals surface area contributed by atoms with Crippen LogP contribution < -0.4 is 10.0 Å². The topological polar surface area (TPSA) is 97.4 Å². The van der Waals surface area contributed by atoms with Crippen molar-refractivity contribution in [3.8, 4) is 0 Å². The fourth-order valence-electron chi connectivity index (χ4n) is 3.06. The summed E-state index contributed by atoms with van der Waals surface area (Å²) in [6, 6.07) is 7.22. The third-order valence-corrected chi connectivity index (χ3v) is 6.94. The number of fused-ring (bicyclic) bond motifs is 1. The van der Waals surface area contributed by atoms with E-state index in [0.717, 1.165) is 36.3 Å². The first-order chi connectivity index (χ1) is 14.3. The number of hydrogen-bond donors (Lipinski definition) is 2. The molecule has 158 valence electrons. The van der Waals surface area contributed by atoms with Gasteiger partial charge in [-0.2, -0.15) is 0 Å². The zero-order chi connectivity index (χ0) is 21.3. The molecular weight excluding hydrogens is 436 g/mol. The molecule has 1 amide bonds. The van der Waals surface area contributed by atoms with Gasteiger partial charge in [-0.3, -0.25) is 10.1 Å². The number of ether oxygens (including phenoxy) is 1. The van der Waals surface area contributed by atoms with Crippen LogP contribution in [0.15, 0.2) is 41.3 Å². The number of benzene rings is 2. The SMILES string of the molecule is O=C(Nc1nc2c(F)cc(F)cc2s1)c1ccc(S(=O)(=O)NC[C@@H]2CCCO2)cc1. The molecule has 2 N–H and O–H groups in total. The quantitative estimate of drug-likeness (QED) is 0.597. The zero-order valence-electron chi connectivity index (χ0n) is 15.5. The number of nitrogens with one attached hydrogen (secondary N) is 2. The van der Waals surface area contributed by atoms with Crippen LogP contribution in [-0.4, -0.2) is 38.6 Å². The highest BCUT2D eigenvalue weighted by Gasteiger charge is 2.21. The van der Waals surface area contributed by atoms with Gasteiger partial charge in [-0.25, -0.2) is 26.9 Å². The molecule has 1 atom stereocenters. The molecule has 2 heterocycles. The van der Waals surface area contributed by atoms with Gasteiger partial charge >= 0.3 is 0 Å². The van der Waals surface area contributed by atoms with Crippen molar-refractivity contribution in [1.82, 2.24) is 9.71 Å². The lowest BCUT2D eigenvalue weighted by Crippen LogP contribution is -2.31. The van der Waals surface area contributed by atoms with Crippen LogP contribution in [0.3, 0.4) is 0 Å². The van der Waals surface area contributed by atoms with Gasteiger partial charge < -0.3 is 4.74 Å². The third-order valence-electron chi connectivity index (χ3n) is 4.59. The van der Waals surface area contributed by atoms with Gasteiger partial charge in [-0.15, -0.1) is 0 Å². The molecular formula is C19H17F2N3O4S2. The van der Waals surface area contributed by atoms with Gasteiger partial charge in [0, 0.05) is 24.8 Å². The number of anilines is 1. The first-order valence-electron chi connectivity index (χ1n) is 9.10. The van der Waals surface area contributed by atoms with Crippen LogP contribution in [0.2, 0.25) is 0 Å². The van der Waals surface area contributed by atoms with Gasteiger partial charge in [0.15, 0.2) is 10.9 Å². The van der Waals surface area contributed by atoms with E-state index in [1.165, 1.54) is 24.3 Å². The molecule has 11 heteroatoms. The van der Waals surface area contributed by atoms with E-state index in [9.17, 15) is 22.0 Å². The summed E-state index contributed by atoms with van der Waals surface area (Å²) in [6.45, 7) is 0.825. The second-order valence-corrected chi connectivity index (χ2v) is 9.52. The minimum absolute atomic E-state index is 0.0228. The predicted octanol–water partition coefficient (Wildman–Crippen LogP) is 3.28. The number of carbonyl (C=O) groups is 1. The summed E-state index contributed by atoms with van der Waals surface area (Å²) in [5, 5.41) is 2.62. The van der Waals surface area contributed by atoms with Crippen molar-refractivity contribution in [2.24, 2.45) is 0 Å². The Hall–Kier alpha value is -2.47. The number of halogens is 2. The second kappa shape index (κ2) is 8.34. The monoisotopic (exact) mass is 453 g/mol. The van der Waals surface area contributed by atoms with Crippen molar-refractivity contribution in [2.75, 3.05) is 18.5 Å². The molecule has 1 aliphatic heterocycles. The predicted molar refractivity (Wildman–Crippen MR) is 108 cm³/mol. The minimum atomic E-state index is -3.72. The molecule has 0 bridgehead atoms. The number of carbonyl (C=O) groups excluding carboxylic acids is 1. The average Bonchev–Trinajstić information content (AvgIpc) is 3.36. The van der Waals surface area contributed by atoms with Gasteiger partial charge in [0.2, 0.25) is 10.0 Å². The highest BCUT2D eigenvalue weighted by Crippen LogP contribution is 2.29. The molecule has 1 aromatic heterocycles. The smallest absolute Gasteiger partial charge is 0.257 e. The fraction of sp³-hybridized carbons (Fsp3) is 0.263. The Morgan fingerprint density at radius 2 is 2.00 bits per heavy atom. The van der Waals surface area contributed by atoms with Crippen LogP contribution >= 0.6 is 11.3 Å². The molecule has 4 rings (SSSR count). The van der Waals surface area contributed by atoms with Crippen molar-refractivity contribution < 1.29 is 26.7 Å². The highest BCUT2D eigenvalue weighted by molar-refractivity contribution is 7.89. The number of aromatic nitrogens is 1. The number of amides is 1. The van der Waals surface area contributed by atoms with Crippen LogP contribution in [-0.2, 0) is 14.8 Å². The van der Waals surface area contributed by atoms with E-state index in [1.807, 2.05) is 0 Å². The number of hydrogen-bond acceptors (Lipinski definition) is 6. The van der Waals surface area contributed by atoms with Gasteiger partial charge in [0.25, 0.3) is 5.91 Å². The molecule has 1 fully saturated rings. The van der Waals surface area contributed by atoms with E-state index >= 15 is 0 Å². The Balaban J connectivity index is 1.44. The Kier molecular flexibility index (Phi) is 5.78. The summed E-state index contributed by atoms with van der Waals surface area (Å²) >= 11 is 0.934. The minimum Gasteiger partial charge on any atom is -0.377 e. The lowest BCUT2D eigenvalue weighted by Gasteiger charge is -2.11. The van der Waals surface area contributed by atoms with Crippen LogP contribution in [0.4, 0.5) is 13.9 Å². The molecule has 0 aliphatic carbocycles. The summed E-state index contributed by atoms with van der Waals surface area (Å²) in [7, 11) is -3.72. The molecule has 0 radical (unpaired) electrons. The van der Waals surface area contributed by atoms with Crippen molar-refractivity contribution in [3.63, 3.8) is 0 Å². The Bertz CT molecular complexity index is 1190.